The summed E-state index contributed by atoms with van der Waals surface area (Å²) >= 11 is 0. The lowest BCUT2D eigenvalue weighted by Gasteiger charge is -2.27. The summed E-state index contributed by atoms with van der Waals surface area (Å²) in [7, 11) is 0. The van der Waals surface area contributed by atoms with Crippen molar-refractivity contribution in [2.75, 3.05) is 0 Å². The van der Waals surface area contributed by atoms with Gasteiger partial charge in [-0.1, -0.05) is 0 Å². The van der Waals surface area contributed by atoms with Gasteiger partial charge in [-0.25, -0.2) is 0 Å². The van der Waals surface area contributed by atoms with E-state index in [2.05, 4.69) is 10.2 Å². The van der Waals surface area contributed by atoms with Crippen LogP contribution in [0.15, 0.2) is 10.8 Å². The molecule has 1 heterocycles. The maximum atomic E-state index is 5.63. The summed E-state index contributed by atoms with van der Waals surface area (Å²) in [4.78, 5) is 0. The highest BCUT2D eigenvalue weighted by atomic mass is 16.5. The monoisotopic (exact) mass is 168 g/mol. The molecule has 1 aliphatic carbocycles. The van der Waals surface area contributed by atoms with Crippen molar-refractivity contribution in [3.05, 3.63) is 12.3 Å². The molecule has 4 heteroatoms. The minimum atomic E-state index is -0.0576. The first-order chi connectivity index (χ1) is 5.86. The molecule has 0 amide bonds. The van der Waals surface area contributed by atoms with Gasteiger partial charge in [0.25, 0.3) is 0 Å². The van der Waals surface area contributed by atoms with E-state index in [4.69, 9.17) is 9.15 Å². The summed E-state index contributed by atoms with van der Waals surface area (Å²) in [6, 6.07) is 0. The Labute approximate surface area is 70.9 Å². The summed E-state index contributed by atoms with van der Waals surface area (Å²) in [5.41, 5.74) is 0. The van der Waals surface area contributed by atoms with Crippen molar-refractivity contribution < 1.29 is 9.15 Å². The molecule has 1 aliphatic rings. The normalized spacial score (nSPS) is 20.4. The Kier molecular flexibility index (Phi) is 2.08. The summed E-state index contributed by atoms with van der Waals surface area (Å²) < 4.78 is 10.7. The largest absolute Gasteiger partial charge is 0.425 e. The Bertz CT molecular complexity index is 231. The standard InChI is InChI=1S/C8H12N2O2/c1-6(8-10-9-5-11-8)12-7-3-2-4-7/h5-7H,2-4H2,1H3. The van der Waals surface area contributed by atoms with Crippen LogP contribution in [-0.2, 0) is 4.74 Å². The molecule has 0 N–H and O–H groups in total. The first-order valence-corrected chi connectivity index (χ1v) is 4.28. The van der Waals surface area contributed by atoms with Gasteiger partial charge in [0.2, 0.25) is 12.3 Å². The molecule has 0 aliphatic heterocycles. The van der Waals surface area contributed by atoms with Crippen molar-refractivity contribution >= 4 is 0 Å². The van der Waals surface area contributed by atoms with E-state index in [1.165, 1.54) is 25.7 Å². The third kappa shape index (κ3) is 1.48. The summed E-state index contributed by atoms with van der Waals surface area (Å²) in [5.74, 6) is 0.571. The van der Waals surface area contributed by atoms with Crippen LogP contribution in [-0.4, -0.2) is 16.3 Å². The van der Waals surface area contributed by atoms with Crippen molar-refractivity contribution in [2.24, 2.45) is 0 Å². The van der Waals surface area contributed by atoms with Gasteiger partial charge in [0.1, 0.15) is 6.10 Å². The van der Waals surface area contributed by atoms with Gasteiger partial charge >= 0.3 is 0 Å². The van der Waals surface area contributed by atoms with E-state index in [0.717, 1.165) is 0 Å². The quantitative estimate of drug-likeness (QED) is 0.689. The van der Waals surface area contributed by atoms with Crippen LogP contribution in [0.3, 0.4) is 0 Å². The molecule has 2 rings (SSSR count). The second-order valence-electron chi connectivity index (χ2n) is 3.11. The number of nitrogens with zero attached hydrogens (tertiary/aromatic N) is 2. The molecule has 0 saturated heterocycles. The summed E-state index contributed by atoms with van der Waals surface area (Å²) in [6.07, 6.45) is 5.29. The maximum Gasteiger partial charge on any atom is 0.244 e. The highest BCUT2D eigenvalue weighted by Crippen LogP contribution is 2.27. The van der Waals surface area contributed by atoms with E-state index in [9.17, 15) is 0 Å². The average Bonchev–Trinajstić information content (AvgIpc) is 2.47. The topological polar surface area (TPSA) is 48.2 Å². The van der Waals surface area contributed by atoms with E-state index in [0.29, 0.717) is 12.0 Å². The van der Waals surface area contributed by atoms with Gasteiger partial charge in [-0.2, -0.15) is 0 Å². The van der Waals surface area contributed by atoms with Crippen molar-refractivity contribution in [3.8, 4) is 0 Å². The maximum absolute atomic E-state index is 5.63. The third-order valence-corrected chi connectivity index (χ3v) is 2.17. The molecule has 1 aromatic rings. The van der Waals surface area contributed by atoms with Gasteiger partial charge in [-0.15, -0.1) is 10.2 Å². The van der Waals surface area contributed by atoms with Crippen LogP contribution in [0.25, 0.3) is 0 Å². The SMILES string of the molecule is CC(OC1CCC1)c1nnco1. The molecule has 1 saturated carbocycles. The van der Waals surface area contributed by atoms with Crippen molar-refractivity contribution in [2.45, 2.75) is 38.4 Å². The Balaban J connectivity index is 1.87. The fourth-order valence-corrected chi connectivity index (χ4v) is 1.21. The number of hydrogen-bond acceptors (Lipinski definition) is 4. The molecule has 0 spiro atoms. The first kappa shape index (κ1) is 7.73. The van der Waals surface area contributed by atoms with E-state index in [1.54, 1.807) is 0 Å². The van der Waals surface area contributed by atoms with Gasteiger partial charge in [-0.3, -0.25) is 0 Å². The highest BCUT2D eigenvalue weighted by molar-refractivity contribution is 4.81. The Morgan fingerprint density at radius 2 is 2.50 bits per heavy atom. The second-order valence-corrected chi connectivity index (χ2v) is 3.11. The number of ether oxygens (including phenoxy) is 1. The molecule has 0 radical (unpaired) electrons. The van der Waals surface area contributed by atoms with Crippen LogP contribution in [0.4, 0.5) is 0 Å². The van der Waals surface area contributed by atoms with Crippen LogP contribution in [0, 0.1) is 0 Å². The Hall–Kier alpha value is -0.900. The molecule has 1 fully saturated rings. The van der Waals surface area contributed by atoms with E-state index >= 15 is 0 Å². The van der Waals surface area contributed by atoms with Gasteiger partial charge in [0.05, 0.1) is 6.10 Å². The fraction of sp³-hybridized carbons (Fsp3) is 0.750. The predicted octanol–water partition coefficient (Wildman–Crippen LogP) is 1.70. The molecule has 1 atom stereocenters. The van der Waals surface area contributed by atoms with Crippen molar-refractivity contribution in [3.63, 3.8) is 0 Å². The smallest absolute Gasteiger partial charge is 0.244 e. The van der Waals surface area contributed by atoms with E-state index in [-0.39, 0.29) is 6.10 Å². The molecule has 12 heavy (non-hydrogen) atoms. The Morgan fingerprint density at radius 1 is 1.67 bits per heavy atom. The first-order valence-electron chi connectivity index (χ1n) is 4.28. The predicted molar refractivity (Wildman–Crippen MR) is 41.4 cm³/mol. The number of aromatic nitrogens is 2. The zero-order valence-electron chi connectivity index (χ0n) is 7.06. The van der Waals surface area contributed by atoms with Crippen LogP contribution < -0.4 is 0 Å². The Morgan fingerprint density at radius 3 is 3.00 bits per heavy atom. The van der Waals surface area contributed by atoms with Crippen LogP contribution in [0.5, 0.6) is 0 Å². The van der Waals surface area contributed by atoms with Crippen LogP contribution in [0.2, 0.25) is 0 Å². The number of hydrogen-bond donors (Lipinski definition) is 0. The molecule has 0 aromatic carbocycles. The van der Waals surface area contributed by atoms with Gasteiger partial charge in [0.15, 0.2) is 0 Å². The lowest BCUT2D eigenvalue weighted by molar-refractivity contribution is -0.0548. The second kappa shape index (κ2) is 3.23. The van der Waals surface area contributed by atoms with Gasteiger partial charge in [-0.05, 0) is 26.2 Å². The third-order valence-electron chi connectivity index (χ3n) is 2.17. The van der Waals surface area contributed by atoms with Crippen LogP contribution in [0.1, 0.15) is 38.2 Å². The lowest BCUT2D eigenvalue weighted by Crippen LogP contribution is -2.23. The summed E-state index contributed by atoms with van der Waals surface area (Å²) in [6.45, 7) is 1.94. The molecule has 4 nitrogen and oxygen atoms in total. The molecule has 0 bridgehead atoms. The zero-order chi connectivity index (χ0) is 8.39. The van der Waals surface area contributed by atoms with Gasteiger partial charge in [0, 0.05) is 0 Å². The van der Waals surface area contributed by atoms with Crippen molar-refractivity contribution in [1.82, 2.24) is 10.2 Å². The average molecular weight is 168 g/mol. The fourth-order valence-electron chi connectivity index (χ4n) is 1.21. The number of rotatable bonds is 3. The zero-order valence-corrected chi connectivity index (χ0v) is 7.06. The molecule has 1 aromatic heterocycles. The minimum absolute atomic E-state index is 0.0576. The van der Waals surface area contributed by atoms with E-state index < -0.39 is 0 Å². The highest BCUT2D eigenvalue weighted by Gasteiger charge is 2.23. The molecular weight excluding hydrogens is 156 g/mol. The minimum Gasteiger partial charge on any atom is -0.425 e. The van der Waals surface area contributed by atoms with Crippen LogP contribution >= 0.6 is 0 Å². The van der Waals surface area contributed by atoms with E-state index in [1.807, 2.05) is 6.92 Å². The molecular formula is C8H12N2O2. The van der Waals surface area contributed by atoms with Crippen molar-refractivity contribution in [1.29, 1.82) is 0 Å². The summed E-state index contributed by atoms with van der Waals surface area (Å²) in [5, 5.41) is 7.38. The molecule has 66 valence electrons. The van der Waals surface area contributed by atoms with Gasteiger partial charge < -0.3 is 9.15 Å². The molecule has 1 unspecified atom stereocenters. The lowest BCUT2D eigenvalue weighted by atomic mass is 9.96.